The van der Waals surface area contributed by atoms with Gasteiger partial charge in [0.1, 0.15) is 0 Å². The maximum absolute atomic E-state index is 11.3. The molecular weight excluding hydrogens is 230 g/mol. The summed E-state index contributed by atoms with van der Waals surface area (Å²) in [5.41, 5.74) is 0.731. The lowest BCUT2D eigenvalue weighted by molar-refractivity contribution is 0.0600. The average molecular weight is 243 g/mol. The second-order valence-corrected chi connectivity index (χ2v) is 5.56. The number of methoxy groups -OCH3 is 1. The van der Waals surface area contributed by atoms with Crippen LogP contribution < -0.4 is 0 Å². The number of nitrogens with zero attached hydrogens (tertiary/aromatic N) is 1. The van der Waals surface area contributed by atoms with E-state index in [-0.39, 0.29) is 11.5 Å². The fourth-order valence-electron chi connectivity index (χ4n) is 1.08. The number of pyridine rings is 1. The number of hydrogen-bond donors (Lipinski definition) is 0. The lowest BCUT2D eigenvalue weighted by atomic mass is 10.2. The Labute approximate surface area is 94.4 Å². The van der Waals surface area contributed by atoms with Gasteiger partial charge in [0.2, 0.25) is 0 Å². The van der Waals surface area contributed by atoms with Crippen LogP contribution in [0.15, 0.2) is 18.3 Å². The van der Waals surface area contributed by atoms with Crippen molar-refractivity contribution in [3.63, 3.8) is 0 Å². The Morgan fingerprint density at radius 2 is 2.12 bits per heavy atom. The Morgan fingerprint density at radius 1 is 1.44 bits per heavy atom. The molecule has 0 saturated carbocycles. The molecule has 0 fully saturated rings. The van der Waals surface area contributed by atoms with Gasteiger partial charge in [-0.2, -0.15) is 0 Å². The van der Waals surface area contributed by atoms with Crippen molar-refractivity contribution in [2.24, 2.45) is 0 Å². The van der Waals surface area contributed by atoms with Crippen molar-refractivity contribution >= 4 is 15.8 Å². The Morgan fingerprint density at radius 3 is 2.56 bits per heavy atom. The Bertz CT molecular complexity index is 464. The topological polar surface area (TPSA) is 73.3 Å². The van der Waals surface area contributed by atoms with Gasteiger partial charge in [0.15, 0.2) is 9.84 Å². The largest absolute Gasteiger partial charge is 0.465 e. The second kappa shape index (κ2) is 5.07. The third-order valence-corrected chi connectivity index (χ3v) is 3.67. The van der Waals surface area contributed by atoms with Gasteiger partial charge in [-0.05, 0) is 12.1 Å². The van der Waals surface area contributed by atoms with Gasteiger partial charge in [-0.3, -0.25) is 4.98 Å². The fourth-order valence-corrected chi connectivity index (χ4v) is 1.90. The van der Waals surface area contributed by atoms with Crippen LogP contribution in [-0.2, 0) is 20.3 Å². The van der Waals surface area contributed by atoms with Gasteiger partial charge in [-0.15, -0.1) is 0 Å². The molecule has 0 aliphatic heterocycles. The highest BCUT2D eigenvalue weighted by atomic mass is 32.2. The number of sulfone groups is 1. The molecule has 1 heterocycles. The third-order valence-electron chi connectivity index (χ3n) is 2.05. The highest BCUT2D eigenvalue weighted by Gasteiger charge is 2.11. The molecule has 0 atom stereocenters. The van der Waals surface area contributed by atoms with Gasteiger partial charge in [0.05, 0.1) is 24.1 Å². The predicted molar refractivity (Wildman–Crippen MR) is 58.7 cm³/mol. The minimum Gasteiger partial charge on any atom is -0.465 e. The van der Waals surface area contributed by atoms with Crippen LogP contribution in [0.3, 0.4) is 0 Å². The smallest absolute Gasteiger partial charge is 0.339 e. The normalized spacial score (nSPS) is 11.1. The van der Waals surface area contributed by atoms with Crippen LogP contribution in [0.1, 0.15) is 23.0 Å². The second-order valence-electron chi connectivity index (χ2n) is 3.21. The molecule has 1 aromatic heterocycles. The van der Waals surface area contributed by atoms with E-state index in [1.54, 1.807) is 6.92 Å². The van der Waals surface area contributed by atoms with E-state index in [4.69, 9.17) is 0 Å². The van der Waals surface area contributed by atoms with Crippen LogP contribution >= 0.6 is 0 Å². The van der Waals surface area contributed by atoms with Crippen LogP contribution in [0.25, 0.3) is 0 Å². The first-order chi connectivity index (χ1) is 7.48. The molecule has 0 N–H and O–H groups in total. The average Bonchev–Trinajstić information content (AvgIpc) is 2.28. The van der Waals surface area contributed by atoms with E-state index >= 15 is 0 Å². The number of carbonyl (C=O) groups excluding carboxylic acids is 1. The summed E-state index contributed by atoms with van der Waals surface area (Å²) >= 11 is 0. The molecule has 0 unspecified atom stereocenters. The third kappa shape index (κ3) is 3.30. The molecule has 0 amide bonds. The summed E-state index contributed by atoms with van der Waals surface area (Å²) < 4.78 is 27.1. The number of rotatable bonds is 4. The van der Waals surface area contributed by atoms with Crippen LogP contribution in [-0.4, -0.2) is 32.2 Å². The molecule has 5 nitrogen and oxygen atoms in total. The van der Waals surface area contributed by atoms with Crippen LogP contribution in [0.4, 0.5) is 0 Å². The zero-order valence-electron chi connectivity index (χ0n) is 9.13. The highest BCUT2D eigenvalue weighted by molar-refractivity contribution is 7.90. The number of hydrogen-bond acceptors (Lipinski definition) is 5. The van der Waals surface area contributed by atoms with E-state index in [1.807, 2.05) is 0 Å². The SMILES string of the molecule is CCS(=O)(=O)Cc1ccc(C(=O)OC)cn1. The number of carbonyl (C=O) groups is 1. The van der Waals surface area contributed by atoms with E-state index < -0.39 is 15.8 Å². The van der Waals surface area contributed by atoms with Crippen molar-refractivity contribution in [3.05, 3.63) is 29.6 Å². The molecule has 0 bridgehead atoms. The first-order valence-corrected chi connectivity index (χ1v) is 6.54. The van der Waals surface area contributed by atoms with E-state index in [0.717, 1.165) is 0 Å². The molecule has 1 aromatic rings. The molecule has 0 radical (unpaired) electrons. The molecule has 0 saturated heterocycles. The van der Waals surface area contributed by atoms with Crippen molar-refractivity contribution in [1.29, 1.82) is 0 Å². The minimum atomic E-state index is -3.09. The molecular formula is C10H13NO4S. The molecule has 0 aliphatic carbocycles. The molecule has 0 aliphatic rings. The number of esters is 1. The molecule has 0 spiro atoms. The predicted octanol–water partition coefficient (Wildman–Crippen LogP) is 0.803. The zero-order valence-corrected chi connectivity index (χ0v) is 9.95. The molecule has 1 rings (SSSR count). The first kappa shape index (κ1) is 12.6. The number of aromatic nitrogens is 1. The molecule has 6 heteroatoms. The minimum absolute atomic E-state index is 0.0768. The first-order valence-electron chi connectivity index (χ1n) is 4.72. The standard InChI is InChI=1S/C10H13NO4S/c1-3-16(13,14)7-9-5-4-8(6-11-9)10(12)15-2/h4-6H,3,7H2,1-2H3. The van der Waals surface area contributed by atoms with Gasteiger partial charge in [0.25, 0.3) is 0 Å². The van der Waals surface area contributed by atoms with E-state index in [0.29, 0.717) is 11.3 Å². The van der Waals surface area contributed by atoms with Gasteiger partial charge in [-0.25, -0.2) is 13.2 Å². The Kier molecular flexibility index (Phi) is 4.00. The zero-order chi connectivity index (χ0) is 12.2. The summed E-state index contributed by atoms with van der Waals surface area (Å²) in [6.45, 7) is 1.58. The van der Waals surface area contributed by atoms with E-state index in [9.17, 15) is 13.2 Å². The van der Waals surface area contributed by atoms with Crippen LogP contribution in [0.2, 0.25) is 0 Å². The van der Waals surface area contributed by atoms with E-state index in [1.165, 1.54) is 25.4 Å². The molecule has 88 valence electrons. The van der Waals surface area contributed by atoms with Crippen molar-refractivity contribution in [1.82, 2.24) is 4.98 Å². The summed E-state index contributed by atoms with van der Waals surface area (Å²) in [5, 5.41) is 0. The van der Waals surface area contributed by atoms with Crippen molar-refractivity contribution in [3.8, 4) is 0 Å². The van der Waals surface area contributed by atoms with E-state index in [2.05, 4.69) is 9.72 Å². The van der Waals surface area contributed by atoms with Crippen LogP contribution in [0.5, 0.6) is 0 Å². The molecule has 0 aromatic carbocycles. The summed E-state index contributed by atoms with van der Waals surface area (Å²) in [4.78, 5) is 15.0. The van der Waals surface area contributed by atoms with Crippen molar-refractivity contribution < 1.29 is 17.9 Å². The maximum atomic E-state index is 11.3. The Balaban J connectivity index is 2.84. The van der Waals surface area contributed by atoms with Gasteiger partial charge >= 0.3 is 5.97 Å². The van der Waals surface area contributed by atoms with Crippen molar-refractivity contribution in [2.45, 2.75) is 12.7 Å². The van der Waals surface area contributed by atoms with Gasteiger partial charge in [-0.1, -0.05) is 6.92 Å². The van der Waals surface area contributed by atoms with Gasteiger partial charge in [0, 0.05) is 11.9 Å². The fraction of sp³-hybridized carbons (Fsp3) is 0.400. The summed E-state index contributed by atoms with van der Waals surface area (Å²) in [6, 6.07) is 3.01. The monoisotopic (exact) mass is 243 g/mol. The maximum Gasteiger partial charge on any atom is 0.339 e. The lowest BCUT2D eigenvalue weighted by Gasteiger charge is -2.02. The summed E-state index contributed by atoms with van der Waals surface area (Å²) in [5.74, 6) is -0.518. The highest BCUT2D eigenvalue weighted by Crippen LogP contribution is 2.06. The summed E-state index contributed by atoms with van der Waals surface area (Å²) in [6.07, 6.45) is 1.31. The van der Waals surface area contributed by atoms with Crippen LogP contribution in [0, 0.1) is 0 Å². The summed E-state index contributed by atoms with van der Waals surface area (Å²) in [7, 11) is -1.81. The quantitative estimate of drug-likeness (QED) is 0.731. The lowest BCUT2D eigenvalue weighted by Crippen LogP contribution is -2.09. The van der Waals surface area contributed by atoms with Crippen molar-refractivity contribution in [2.75, 3.05) is 12.9 Å². The Hall–Kier alpha value is -1.43. The van der Waals surface area contributed by atoms with Gasteiger partial charge < -0.3 is 4.74 Å². The number of ether oxygens (including phenoxy) is 1. The molecule has 16 heavy (non-hydrogen) atoms.